The van der Waals surface area contributed by atoms with Crippen molar-refractivity contribution in [2.75, 3.05) is 7.05 Å². The van der Waals surface area contributed by atoms with Crippen LogP contribution < -0.4 is 0 Å². The lowest BCUT2D eigenvalue weighted by Crippen LogP contribution is -2.29. The Morgan fingerprint density at radius 1 is 1.24 bits per heavy atom. The summed E-state index contributed by atoms with van der Waals surface area (Å²) >= 11 is 5.89. The van der Waals surface area contributed by atoms with Crippen molar-refractivity contribution in [3.8, 4) is 0 Å². The highest BCUT2D eigenvalue weighted by molar-refractivity contribution is 6.30. The van der Waals surface area contributed by atoms with Crippen LogP contribution in [0.15, 0.2) is 48.7 Å². The molecule has 0 N–H and O–H groups in total. The van der Waals surface area contributed by atoms with Gasteiger partial charge in [-0.25, -0.2) is 0 Å². The molecule has 1 unspecified atom stereocenters. The van der Waals surface area contributed by atoms with Crippen molar-refractivity contribution in [1.29, 1.82) is 0 Å². The molecule has 4 heteroatoms. The van der Waals surface area contributed by atoms with Crippen molar-refractivity contribution < 1.29 is 4.79 Å². The maximum Gasteiger partial charge on any atom is 0.223 e. The standard InChI is InChI=1S/C17H19ClN2O/c1-13(14-6-8-15(18)9-7-14)20(2)17(21)11-10-16-5-3-4-12-19-16/h3-9,12-13H,10-11H2,1-2H3. The number of aromatic nitrogens is 1. The van der Waals surface area contributed by atoms with E-state index in [-0.39, 0.29) is 11.9 Å². The van der Waals surface area contributed by atoms with Gasteiger partial charge in [-0.1, -0.05) is 29.8 Å². The van der Waals surface area contributed by atoms with E-state index in [1.54, 1.807) is 11.1 Å². The number of benzene rings is 1. The molecule has 1 aromatic carbocycles. The SMILES string of the molecule is CC(c1ccc(Cl)cc1)N(C)C(=O)CCc1ccccn1. The lowest BCUT2D eigenvalue weighted by molar-refractivity contribution is -0.131. The Balaban J connectivity index is 1.94. The zero-order chi connectivity index (χ0) is 15.2. The lowest BCUT2D eigenvalue weighted by Gasteiger charge is -2.25. The second-order valence-corrected chi connectivity index (χ2v) is 5.49. The minimum absolute atomic E-state index is 0.0264. The Hall–Kier alpha value is -1.87. The van der Waals surface area contributed by atoms with Crippen molar-refractivity contribution in [2.45, 2.75) is 25.8 Å². The van der Waals surface area contributed by atoms with Crippen molar-refractivity contribution in [1.82, 2.24) is 9.88 Å². The maximum atomic E-state index is 12.3. The van der Waals surface area contributed by atoms with Gasteiger partial charge in [0, 0.05) is 30.4 Å². The predicted octanol–water partition coefficient (Wildman–Crippen LogP) is 3.89. The van der Waals surface area contributed by atoms with Crippen molar-refractivity contribution in [2.24, 2.45) is 0 Å². The molecule has 0 saturated carbocycles. The molecule has 0 radical (unpaired) electrons. The van der Waals surface area contributed by atoms with Gasteiger partial charge in [0.2, 0.25) is 5.91 Å². The largest absolute Gasteiger partial charge is 0.339 e. The number of amides is 1. The number of rotatable bonds is 5. The van der Waals surface area contributed by atoms with E-state index < -0.39 is 0 Å². The van der Waals surface area contributed by atoms with Crippen LogP contribution in [-0.2, 0) is 11.2 Å². The molecular formula is C17H19ClN2O. The van der Waals surface area contributed by atoms with Gasteiger partial charge >= 0.3 is 0 Å². The second kappa shape index (κ2) is 7.23. The number of hydrogen-bond donors (Lipinski definition) is 0. The fourth-order valence-corrected chi connectivity index (χ4v) is 2.26. The molecule has 3 nitrogen and oxygen atoms in total. The van der Waals surface area contributed by atoms with Crippen molar-refractivity contribution >= 4 is 17.5 Å². The second-order valence-electron chi connectivity index (χ2n) is 5.05. The Morgan fingerprint density at radius 2 is 1.95 bits per heavy atom. The van der Waals surface area contributed by atoms with Gasteiger partial charge in [-0.15, -0.1) is 0 Å². The Morgan fingerprint density at radius 3 is 2.57 bits per heavy atom. The first kappa shape index (κ1) is 15.5. The Kier molecular flexibility index (Phi) is 5.34. The van der Waals surface area contributed by atoms with E-state index in [9.17, 15) is 4.79 Å². The highest BCUT2D eigenvalue weighted by Gasteiger charge is 2.17. The van der Waals surface area contributed by atoms with Crippen molar-refractivity contribution in [3.63, 3.8) is 0 Å². The average Bonchev–Trinajstić information content (AvgIpc) is 2.53. The minimum Gasteiger partial charge on any atom is -0.339 e. The summed E-state index contributed by atoms with van der Waals surface area (Å²) in [6.07, 6.45) is 2.88. The molecule has 0 aliphatic heterocycles. The van der Waals surface area contributed by atoms with Gasteiger partial charge in [-0.2, -0.15) is 0 Å². The molecule has 2 aromatic rings. The first-order chi connectivity index (χ1) is 10.1. The number of carbonyl (C=O) groups excluding carboxylic acids is 1. The van der Waals surface area contributed by atoms with Gasteiger partial charge in [0.15, 0.2) is 0 Å². The molecule has 110 valence electrons. The Bertz CT molecular complexity index is 583. The molecule has 21 heavy (non-hydrogen) atoms. The summed E-state index contributed by atoms with van der Waals surface area (Å²) < 4.78 is 0. The maximum absolute atomic E-state index is 12.3. The predicted molar refractivity (Wildman–Crippen MR) is 85.2 cm³/mol. The van der Waals surface area contributed by atoms with Crippen LogP contribution >= 0.6 is 11.6 Å². The molecule has 1 atom stereocenters. The topological polar surface area (TPSA) is 33.2 Å². The van der Waals surface area contributed by atoms with Gasteiger partial charge in [0.05, 0.1) is 6.04 Å². The summed E-state index contributed by atoms with van der Waals surface area (Å²) in [5.41, 5.74) is 2.02. The number of aryl methyl sites for hydroxylation is 1. The molecule has 0 aliphatic carbocycles. The van der Waals surface area contributed by atoms with Crippen LogP contribution in [0.5, 0.6) is 0 Å². The first-order valence-corrected chi connectivity index (χ1v) is 7.37. The number of nitrogens with zero attached hydrogens (tertiary/aromatic N) is 2. The molecule has 0 bridgehead atoms. The third kappa shape index (κ3) is 4.30. The molecule has 0 aliphatic rings. The van der Waals surface area contributed by atoms with E-state index in [1.165, 1.54) is 0 Å². The lowest BCUT2D eigenvalue weighted by atomic mass is 10.1. The molecular weight excluding hydrogens is 284 g/mol. The van der Waals surface area contributed by atoms with Crippen LogP contribution in [-0.4, -0.2) is 22.8 Å². The first-order valence-electron chi connectivity index (χ1n) is 6.99. The van der Waals surface area contributed by atoms with Crippen LogP contribution in [0.3, 0.4) is 0 Å². The van der Waals surface area contributed by atoms with E-state index in [4.69, 9.17) is 11.6 Å². The monoisotopic (exact) mass is 302 g/mol. The van der Waals surface area contributed by atoms with Gasteiger partial charge in [-0.3, -0.25) is 9.78 Å². The highest BCUT2D eigenvalue weighted by Crippen LogP contribution is 2.21. The molecule has 0 spiro atoms. The summed E-state index contributed by atoms with van der Waals surface area (Å²) in [4.78, 5) is 18.3. The zero-order valence-corrected chi connectivity index (χ0v) is 13.0. The van der Waals surface area contributed by atoms with Gasteiger partial charge in [0.25, 0.3) is 0 Å². The number of carbonyl (C=O) groups is 1. The molecule has 0 saturated heterocycles. The van der Waals surface area contributed by atoms with Crippen LogP contribution in [0.25, 0.3) is 0 Å². The summed E-state index contributed by atoms with van der Waals surface area (Å²) in [5.74, 6) is 0.114. The van der Waals surface area contributed by atoms with E-state index in [0.29, 0.717) is 17.9 Å². The fraction of sp³-hybridized carbons (Fsp3) is 0.294. The molecule has 1 heterocycles. The quantitative estimate of drug-likeness (QED) is 0.839. The van der Waals surface area contributed by atoms with Crippen LogP contribution in [0, 0.1) is 0 Å². The summed E-state index contributed by atoms with van der Waals surface area (Å²) in [5, 5.41) is 0.704. The smallest absolute Gasteiger partial charge is 0.223 e. The Labute approximate surface area is 130 Å². The van der Waals surface area contributed by atoms with E-state index >= 15 is 0 Å². The van der Waals surface area contributed by atoms with Gasteiger partial charge in [-0.05, 0) is 43.2 Å². The van der Waals surface area contributed by atoms with Crippen molar-refractivity contribution in [3.05, 3.63) is 64.9 Å². The normalized spacial score (nSPS) is 12.0. The minimum atomic E-state index is 0.0264. The van der Waals surface area contributed by atoms with E-state index in [1.807, 2.05) is 56.4 Å². The van der Waals surface area contributed by atoms with Crippen LogP contribution in [0.4, 0.5) is 0 Å². The molecule has 0 fully saturated rings. The number of halogens is 1. The molecule has 1 amide bonds. The number of pyridine rings is 1. The number of hydrogen-bond acceptors (Lipinski definition) is 2. The van der Waals surface area contributed by atoms with Crippen LogP contribution in [0.2, 0.25) is 5.02 Å². The summed E-state index contributed by atoms with van der Waals surface area (Å²) in [6, 6.07) is 13.4. The average molecular weight is 303 g/mol. The fourth-order valence-electron chi connectivity index (χ4n) is 2.14. The van der Waals surface area contributed by atoms with E-state index in [0.717, 1.165) is 11.3 Å². The summed E-state index contributed by atoms with van der Waals surface area (Å²) in [7, 11) is 1.83. The zero-order valence-electron chi connectivity index (χ0n) is 12.3. The van der Waals surface area contributed by atoms with Crippen LogP contribution in [0.1, 0.15) is 30.6 Å². The van der Waals surface area contributed by atoms with E-state index in [2.05, 4.69) is 4.98 Å². The third-order valence-electron chi connectivity index (χ3n) is 3.65. The third-order valence-corrected chi connectivity index (χ3v) is 3.90. The molecule has 1 aromatic heterocycles. The van der Waals surface area contributed by atoms with Gasteiger partial charge < -0.3 is 4.90 Å². The van der Waals surface area contributed by atoms with Gasteiger partial charge in [0.1, 0.15) is 0 Å². The summed E-state index contributed by atoms with van der Waals surface area (Å²) in [6.45, 7) is 2.02. The molecule has 2 rings (SSSR count). The highest BCUT2D eigenvalue weighted by atomic mass is 35.5.